The minimum atomic E-state index is -0.274. The molecule has 0 aliphatic carbocycles. The zero-order chi connectivity index (χ0) is 19.3. The summed E-state index contributed by atoms with van der Waals surface area (Å²) in [6, 6.07) is 16.0. The van der Waals surface area contributed by atoms with Crippen LogP contribution >= 0.6 is 0 Å². The molecule has 4 rings (SSSR count). The van der Waals surface area contributed by atoms with E-state index in [1.165, 1.54) is 10.9 Å². The van der Waals surface area contributed by atoms with Gasteiger partial charge in [-0.25, -0.2) is 0 Å². The molecule has 2 aromatic heterocycles. The molecule has 0 saturated carbocycles. The van der Waals surface area contributed by atoms with Crippen LogP contribution < -0.4 is 5.32 Å². The summed E-state index contributed by atoms with van der Waals surface area (Å²) in [5, 5.41) is 4.22. The SMILES string of the molecule is O=C(NCCCn1ccc2ccccc21)[C@H]1CC(=O)N(Cc2ccccn2)C1. The van der Waals surface area contributed by atoms with Crippen LogP contribution in [0, 0.1) is 5.92 Å². The molecule has 3 heterocycles. The smallest absolute Gasteiger partial charge is 0.225 e. The first kappa shape index (κ1) is 18.2. The Morgan fingerprint density at radius 3 is 2.86 bits per heavy atom. The lowest BCUT2D eigenvalue weighted by Gasteiger charge is -2.16. The zero-order valence-corrected chi connectivity index (χ0v) is 15.8. The van der Waals surface area contributed by atoms with Crippen LogP contribution in [0.2, 0.25) is 0 Å². The van der Waals surface area contributed by atoms with Gasteiger partial charge in [0.15, 0.2) is 0 Å². The Balaban J connectivity index is 1.23. The van der Waals surface area contributed by atoms with E-state index in [1.807, 2.05) is 30.3 Å². The minimum absolute atomic E-state index is 0.0182. The van der Waals surface area contributed by atoms with E-state index in [4.69, 9.17) is 0 Å². The monoisotopic (exact) mass is 376 g/mol. The Bertz CT molecular complexity index is 967. The number of nitrogens with zero attached hydrogens (tertiary/aromatic N) is 3. The fourth-order valence-corrected chi connectivity index (χ4v) is 3.73. The first-order valence-corrected chi connectivity index (χ1v) is 9.70. The van der Waals surface area contributed by atoms with Crippen LogP contribution in [0.5, 0.6) is 0 Å². The average molecular weight is 376 g/mol. The van der Waals surface area contributed by atoms with Gasteiger partial charge in [0.25, 0.3) is 0 Å². The Kier molecular flexibility index (Phi) is 5.37. The van der Waals surface area contributed by atoms with E-state index in [1.54, 1.807) is 11.1 Å². The number of hydrogen-bond donors (Lipinski definition) is 1. The van der Waals surface area contributed by atoms with E-state index in [9.17, 15) is 9.59 Å². The zero-order valence-electron chi connectivity index (χ0n) is 15.8. The summed E-state index contributed by atoms with van der Waals surface area (Å²) in [5.41, 5.74) is 2.05. The number of rotatable bonds is 7. The number of aryl methyl sites for hydroxylation is 1. The summed E-state index contributed by atoms with van der Waals surface area (Å²) < 4.78 is 2.20. The number of amides is 2. The van der Waals surface area contributed by atoms with Crippen LogP contribution in [0.3, 0.4) is 0 Å². The second-order valence-corrected chi connectivity index (χ2v) is 7.21. The van der Waals surface area contributed by atoms with Crippen molar-refractivity contribution >= 4 is 22.7 Å². The van der Waals surface area contributed by atoms with Crippen molar-refractivity contribution in [3.63, 3.8) is 0 Å². The third-order valence-electron chi connectivity index (χ3n) is 5.22. The van der Waals surface area contributed by atoms with E-state index in [0.717, 1.165) is 18.7 Å². The van der Waals surface area contributed by atoms with Crippen molar-refractivity contribution in [2.24, 2.45) is 5.92 Å². The van der Waals surface area contributed by atoms with Gasteiger partial charge in [0.05, 0.1) is 18.2 Å². The number of hydrogen-bond acceptors (Lipinski definition) is 3. The molecule has 1 aliphatic rings. The molecule has 1 fully saturated rings. The average Bonchev–Trinajstić information content (AvgIpc) is 3.30. The summed E-state index contributed by atoms with van der Waals surface area (Å²) in [6.45, 7) is 2.38. The molecular weight excluding hydrogens is 352 g/mol. The maximum absolute atomic E-state index is 12.5. The Morgan fingerprint density at radius 2 is 2.00 bits per heavy atom. The second-order valence-electron chi connectivity index (χ2n) is 7.21. The van der Waals surface area contributed by atoms with Gasteiger partial charge in [-0.2, -0.15) is 0 Å². The number of benzene rings is 1. The number of para-hydroxylation sites is 1. The van der Waals surface area contributed by atoms with Gasteiger partial charge in [-0.3, -0.25) is 14.6 Å². The second kappa shape index (κ2) is 8.25. The van der Waals surface area contributed by atoms with Gasteiger partial charge in [-0.05, 0) is 36.1 Å². The molecule has 1 N–H and O–H groups in total. The van der Waals surface area contributed by atoms with Gasteiger partial charge in [0, 0.05) is 44.0 Å². The number of fused-ring (bicyclic) bond motifs is 1. The predicted octanol–water partition coefficient (Wildman–Crippen LogP) is 2.59. The van der Waals surface area contributed by atoms with Crippen molar-refractivity contribution in [1.29, 1.82) is 0 Å². The molecule has 1 aliphatic heterocycles. The number of carbonyl (C=O) groups excluding carboxylic acids is 2. The highest BCUT2D eigenvalue weighted by atomic mass is 16.2. The molecule has 28 heavy (non-hydrogen) atoms. The standard InChI is InChI=1S/C22H24N4O2/c27-21-14-18(15-26(21)16-19-7-3-4-10-23-19)22(28)24-11-5-12-25-13-9-17-6-1-2-8-20(17)25/h1-4,6-10,13,18H,5,11-12,14-16H2,(H,24,28)/t18-/m0/s1. The van der Waals surface area contributed by atoms with Crippen LogP contribution in [0.25, 0.3) is 10.9 Å². The summed E-state index contributed by atoms with van der Waals surface area (Å²) >= 11 is 0. The summed E-state index contributed by atoms with van der Waals surface area (Å²) in [6.07, 6.45) is 4.93. The van der Waals surface area contributed by atoms with E-state index in [-0.39, 0.29) is 24.2 Å². The molecule has 6 nitrogen and oxygen atoms in total. The van der Waals surface area contributed by atoms with Crippen molar-refractivity contribution < 1.29 is 9.59 Å². The number of aromatic nitrogens is 2. The molecule has 144 valence electrons. The maximum atomic E-state index is 12.5. The topological polar surface area (TPSA) is 67.2 Å². The normalized spacial score (nSPS) is 16.6. The van der Waals surface area contributed by atoms with Crippen molar-refractivity contribution in [2.45, 2.75) is 25.9 Å². The molecule has 2 amide bonds. The number of nitrogens with one attached hydrogen (secondary N) is 1. The third kappa shape index (κ3) is 4.06. The molecule has 1 saturated heterocycles. The van der Waals surface area contributed by atoms with Crippen molar-refractivity contribution in [1.82, 2.24) is 19.8 Å². The van der Waals surface area contributed by atoms with Crippen LogP contribution in [0.1, 0.15) is 18.5 Å². The quantitative estimate of drug-likeness (QED) is 0.645. The van der Waals surface area contributed by atoms with E-state index in [2.05, 4.69) is 39.3 Å². The van der Waals surface area contributed by atoms with Gasteiger partial charge >= 0.3 is 0 Å². The van der Waals surface area contributed by atoms with E-state index < -0.39 is 0 Å². The molecule has 0 bridgehead atoms. The third-order valence-corrected chi connectivity index (χ3v) is 5.22. The van der Waals surface area contributed by atoms with Crippen molar-refractivity contribution in [3.8, 4) is 0 Å². The lowest BCUT2D eigenvalue weighted by Crippen LogP contribution is -2.33. The Morgan fingerprint density at radius 1 is 1.14 bits per heavy atom. The predicted molar refractivity (Wildman–Crippen MR) is 107 cm³/mol. The largest absolute Gasteiger partial charge is 0.356 e. The lowest BCUT2D eigenvalue weighted by atomic mass is 10.1. The first-order chi connectivity index (χ1) is 13.7. The molecule has 3 aromatic rings. The van der Waals surface area contributed by atoms with Gasteiger partial charge < -0.3 is 14.8 Å². The first-order valence-electron chi connectivity index (χ1n) is 9.70. The molecule has 6 heteroatoms. The summed E-state index contributed by atoms with van der Waals surface area (Å²) in [5.74, 6) is -0.289. The van der Waals surface area contributed by atoms with Gasteiger partial charge in [-0.15, -0.1) is 0 Å². The van der Waals surface area contributed by atoms with Crippen LogP contribution in [0.15, 0.2) is 60.9 Å². The van der Waals surface area contributed by atoms with Crippen molar-refractivity contribution in [3.05, 3.63) is 66.6 Å². The number of likely N-dealkylation sites (tertiary alicyclic amines) is 1. The highest BCUT2D eigenvalue weighted by molar-refractivity contribution is 5.89. The van der Waals surface area contributed by atoms with Crippen LogP contribution in [-0.2, 0) is 22.7 Å². The lowest BCUT2D eigenvalue weighted by molar-refractivity contribution is -0.129. The number of carbonyl (C=O) groups is 2. The van der Waals surface area contributed by atoms with Crippen molar-refractivity contribution in [2.75, 3.05) is 13.1 Å². The van der Waals surface area contributed by atoms with E-state index >= 15 is 0 Å². The Labute approximate surface area is 164 Å². The molecular formula is C22H24N4O2. The molecule has 1 atom stereocenters. The molecule has 1 aromatic carbocycles. The Hall–Kier alpha value is -3.15. The van der Waals surface area contributed by atoms with Gasteiger partial charge in [0.1, 0.15) is 0 Å². The van der Waals surface area contributed by atoms with Crippen LogP contribution in [-0.4, -0.2) is 39.4 Å². The molecule has 0 unspecified atom stereocenters. The number of pyridine rings is 1. The highest BCUT2D eigenvalue weighted by Crippen LogP contribution is 2.20. The van der Waals surface area contributed by atoms with Gasteiger partial charge in [-0.1, -0.05) is 24.3 Å². The minimum Gasteiger partial charge on any atom is -0.356 e. The van der Waals surface area contributed by atoms with Crippen LogP contribution in [0.4, 0.5) is 0 Å². The van der Waals surface area contributed by atoms with Gasteiger partial charge in [0.2, 0.25) is 11.8 Å². The van der Waals surface area contributed by atoms with E-state index in [0.29, 0.717) is 19.6 Å². The maximum Gasteiger partial charge on any atom is 0.225 e. The fourth-order valence-electron chi connectivity index (χ4n) is 3.73. The fraction of sp³-hybridized carbons (Fsp3) is 0.318. The highest BCUT2D eigenvalue weighted by Gasteiger charge is 2.34. The summed E-state index contributed by atoms with van der Waals surface area (Å²) in [4.78, 5) is 30.6. The molecule has 0 spiro atoms. The molecule has 0 radical (unpaired) electrons. The summed E-state index contributed by atoms with van der Waals surface area (Å²) in [7, 11) is 0.